The van der Waals surface area contributed by atoms with Crippen LogP contribution in [0.25, 0.3) is 0 Å². The van der Waals surface area contributed by atoms with Crippen LogP contribution in [0.15, 0.2) is 28.8 Å². The molecule has 7 heteroatoms. The second kappa shape index (κ2) is 9.52. The summed E-state index contributed by atoms with van der Waals surface area (Å²) in [5.41, 5.74) is 0.238. The van der Waals surface area contributed by atoms with Crippen LogP contribution in [0, 0.1) is 12.3 Å². The third-order valence-electron chi connectivity index (χ3n) is 4.81. The maximum Gasteiger partial charge on any atom is 0.277 e. The largest absolute Gasteiger partial charge is 0.493 e. The second-order valence-corrected chi connectivity index (χ2v) is 7.13. The number of methoxy groups -OCH3 is 1. The quantitative estimate of drug-likeness (QED) is 0.645. The van der Waals surface area contributed by atoms with Crippen molar-refractivity contribution >= 4 is 17.5 Å². The smallest absolute Gasteiger partial charge is 0.277 e. The van der Waals surface area contributed by atoms with Crippen molar-refractivity contribution in [3.63, 3.8) is 0 Å². The summed E-state index contributed by atoms with van der Waals surface area (Å²) in [6, 6.07) is 6.83. The van der Waals surface area contributed by atoms with Crippen molar-refractivity contribution in [3.8, 4) is 23.8 Å². The molecule has 1 saturated carbocycles. The molecule has 2 aromatic rings. The molecule has 1 amide bonds. The van der Waals surface area contributed by atoms with Gasteiger partial charge in [-0.15, -0.1) is 6.42 Å². The summed E-state index contributed by atoms with van der Waals surface area (Å²) in [6.45, 7) is 0.376. The molecule has 1 heterocycles. The van der Waals surface area contributed by atoms with Gasteiger partial charge in [0.05, 0.1) is 13.7 Å². The number of hydrogen-bond donors (Lipinski definition) is 0. The first-order valence-electron chi connectivity index (χ1n) is 9.28. The van der Waals surface area contributed by atoms with E-state index < -0.39 is 0 Å². The van der Waals surface area contributed by atoms with E-state index in [1.54, 1.807) is 29.2 Å². The zero-order valence-corrected chi connectivity index (χ0v) is 16.6. The molecule has 3 rings (SSSR count). The van der Waals surface area contributed by atoms with Crippen molar-refractivity contribution in [1.82, 2.24) is 10.1 Å². The summed E-state index contributed by atoms with van der Waals surface area (Å²) in [5.74, 6) is 3.85. The standard InChI is InChI=1S/C21H23ClN2O4/c1-3-11-24(16-7-5-4-6-8-16)21(25)18-13-17(28-23-18)14-27-19-10-9-15(22)12-20(19)26-2/h1,9-10,12-13,16H,4-8,11,14H2,2H3. The van der Waals surface area contributed by atoms with E-state index in [9.17, 15) is 4.79 Å². The first-order chi connectivity index (χ1) is 13.6. The Morgan fingerprint density at radius 3 is 2.82 bits per heavy atom. The van der Waals surface area contributed by atoms with E-state index in [4.69, 9.17) is 32.0 Å². The van der Waals surface area contributed by atoms with Crippen molar-refractivity contribution in [2.45, 2.75) is 44.8 Å². The van der Waals surface area contributed by atoms with Crippen LogP contribution in [0.1, 0.15) is 48.4 Å². The topological polar surface area (TPSA) is 64.8 Å². The Morgan fingerprint density at radius 1 is 1.32 bits per heavy atom. The van der Waals surface area contributed by atoms with Crippen LogP contribution in [0.4, 0.5) is 0 Å². The van der Waals surface area contributed by atoms with Gasteiger partial charge >= 0.3 is 0 Å². The van der Waals surface area contributed by atoms with Gasteiger partial charge in [0.15, 0.2) is 23.0 Å². The fourth-order valence-electron chi connectivity index (χ4n) is 3.40. The lowest BCUT2D eigenvalue weighted by Crippen LogP contribution is -2.41. The molecule has 1 aliphatic carbocycles. The summed E-state index contributed by atoms with van der Waals surface area (Å²) >= 11 is 5.95. The fraction of sp³-hybridized carbons (Fsp3) is 0.429. The third-order valence-corrected chi connectivity index (χ3v) is 5.05. The highest BCUT2D eigenvalue weighted by Gasteiger charge is 2.27. The van der Waals surface area contributed by atoms with Gasteiger partial charge < -0.3 is 18.9 Å². The molecule has 1 aliphatic rings. The van der Waals surface area contributed by atoms with Gasteiger partial charge in [-0.3, -0.25) is 4.79 Å². The summed E-state index contributed by atoms with van der Waals surface area (Å²) in [7, 11) is 1.54. The van der Waals surface area contributed by atoms with Gasteiger partial charge in [0.1, 0.15) is 6.61 Å². The predicted molar refractivity (Wildman–Crippen MR) is 106 cm³/mol. The van der Waals surface area contributed by atoms with Crippen LogP contribution in [-0.4, -0.2) is 35.7 Å². The van der Waals surface area contributed by atoms with Crippen LogP contribution in [0.5, 0.6) is 11.5 Å². The number of amides is 1. The van der Waals surface area contributed by atoms with Gasteiger partial charge in [0.25, 0.3) is 5.91 Å². The monoisotopic (exact) mass is 402 g/mol. The lowest BCUT2D eigenvalue weighted by atomic mass is 9.94. The number of carbonyl (C=O) groups is 1. The van der Waals surface area contributed by atoms with E-state index in [1.165, 1.54) is 13.5 Å². The van der Waals surface area contributed by atoms with Crippen LogP contribution < -0.4 is 9.47 Å². The third kappa shape index (κ3) is 4.79. The van der Waals surface area contributed by atoms with Crippen LogP contribution in [0.2, 0.25) is 5.02 Å². The van der Waals surface area contributed by atoms with E-state index in [2.05, 4.69) is 11.1 Å². The van der Waals surface area contributed by atoms with Crippen molar-refractivity contribution < 1.29 is 18.8 Å². The maximum atomic E-state index is 12.9. The van der Waals surface area contributed by atoms with E-state index >= 15 is 0 Å². The Morgan fingerprint density at radius 2 is 2.11 bits per heavy atom. The number of carbonyl (C=O) groups excluding carboxylic acids is 1. The maximum absolute atomic E-state index is 12.9. The lowest BCUT2D eigenvalue weighted by Gasteiger charge is -2.32. The molecule has 1 aromatic carbocycles. The van der Waals surface area contributed by atoms with Gasteiger partial charge in [-0.2, -0.15) is 0 Å². The SMILES string of the molecule is C#CCN(C(=O)c1cc(COc2ccc(Cl)cc2OC)on1)C1CCCCC1. The number of ether oxygens (including phenoxy) is 2. The molecule has 0 radical (unpaired) electrons. The first-order valence-corrected chi connectivity index (χ1v) is 9.66. The van der Waals surface area contributed by atoms with Crippen LogP contribution in [0.3, 0.4) is 0 Å². The Kier molecular flexibility index (Phi) is 6.83. The number of nitrogens with zero attached hydrogens (tertiary/aromatic N) is 2. The zero-order valence-electron chi connectivity index (χ0n) is 15.8. The summed E-state index contributed by atoms with van der Waals surface area (Å²) in [6.07, 6.45) is 10.8. The minimum atomic E-state index is -0.205. The average molecular weight is 403 g/mol. The molecule has 1 fully saturated rings. The van der Waals surface area contributed by atoms with Crippen molar-refractivity contribution in [2.24, 2.45) is 0 Å². The summed E-state index contributed by atoms with van der Waals surface area (Å²) < 4.78 is 16.2. The Bertz CT molecular complexity index is 852. The molecule has 0 saturated heterocycles. The number of aromatic nitrogens is 1. The Labute approximate surface area is 169 Å². The number of terminal acetylenes is 1. The highest BCUT2D eigenvalue weighted by Crippen LogP contribution is 2.30. The van der Waals surface area contributed by atoms with E-state index in [-0.39, 0.29) is 30.8 Å². The Balaban J connectivity index is 1.67. The summed E-state index contributed by atoms with van der Waals surface area (Å²) in [5, 5.41) is 4.47. The van der Waals surface area contributed by atoms with Crippen LogP contribution in [-0.2, 0) is 6.61 Å². The molecule has 0 unspecified atom stereocenters. The average Bonchev–Trinajstić information content (AvgIpc) is 3.20. The van der Waals surface area contributed by atoms with Gasteiger partial charge in [0, 0.05) is 23.2 Å². The second-order valence-electron chi connectivity index (χ2n) is 6.69. The number of rotatable bonds is 7. The number of hydrogen-bond acceptors (Lipinski definition) is 5. The van der Waals surface area contributed by atoms with E-state index in [0.717, 1.165) is 25.7 Å². The fourth-order valence-corrected chi connectivity index (χ4v) is 3.56. The molecule has 0 spiro atoms. The molecule has 0 atom stereocenters. The molecule has 148 valence electrons. The molecule has 1 aromatic heterocycles. The Hall–Kier alpha value is -2.65. The minimum Gasteiger partial charge on any atom is -0.493 e. The molecule has 6 nitrogen and oxygen atoms in total. The zero-order chi connectivity index (χ0) is 19.9. The molecular formula is C21H23ClN2O4. The minimum absolute atomic E-state index is 0.108. The molecule has 0 aliphatic heterocycles. The highest BCUT2D eigenvalue weighted by molar-refractivity contribution is 6.30. The van der Waals surface area contributed by atoms with Gasteiger partial charge in [-0.1, -0.05) is 41.9 Å². The van der Waals surface area contributed by atoms with Crippen molar-refractivity contribution in [1.29, 1.82) is 0 Å². The van der Waals surface area contributed by atoms with Gasteiger partial charge in [0.2, 0.25) is 0 Å². The summed E-state index contributed by atoms with van der Waals surface area (Å²) in [4.78, 5) is 14.6. The van der Waals surface area contributed by atoms with Crippen molar-refractivity contribution in [2.75, 3.05) is 13.7 Å². The number of halogens is 1. The van der Waals surface area contributed by atoms with Crippen molar-refractivity contribution in [3.05, 3.63) is 40.7 Å². The molecule has 0 N–H and O–H groups in total. The number of benzene rings is 1. The van der Waals surface area contributed by atoms with Crippen LogP contribution >= 0.6 is 11.6 Å². The van der Waals surface area contributed by atoms with E-state index in [1.807, 2.05) is 0 Å². The first kappa shape index (κ1) is 20.1. The van der Waals surface area contributed by atoms with Gasteiger partial charge in [-0.05, 0) is 25.0 Å². The normalized spacial score (nSPS) is 14.3. The highest BCUT2D eigenvalue weighted by atomic mass is 35.5. The molecule has 0 bridgehead atoms. The molecular weight excluding hydrogens is 380 g/mol. The predicted octanol–water partition coefficient (Wildman–Crippen LogP) is 4.32. The van der Waals surface area contributed by atoms with E-state index in [0.29, 0.717) is 22.3 Å². The van der Waals surface area contributed by atoms with Gasteiger partial charge in [-0.25, -0.2) is 0 Å². The molecule has 28 heavy (non-hydrogen) atoms. The lowest BCUT2D eigenvalue weighted by molar-refractivity contribution is 0.0656.